The molecule has 1 aromatic carbocycles. The minimum Gasteiger partial charge on any atom is -0.466 e. The number of nitrogens with two attached hydrogens (primary N) is 1. The van der Waals surface area contributed by atoms with Crippen LogP contribution >= 0.6 is 0 Å². The number of rotatable bonds is 14. The molecule has 0 saturated heterocycles. The summed E-state index contributed by atoms with van der Waals surface area (Å²) in [4.78, 5) is 65.3. The molecule has 0 heterocycles. The summed E-state index contributed by atoms with van der Waals surface area (Å²) in [6, 6.07) is 3.75. The molecule has 0 saturated carbocycles. The molecule has 3 atom stereocenters. The quantitative estimate of drug-likeness (QED) is 0.234. The van der Waals surface area contributed by atoms with Crippen LogP contribution in [0.15, 0.2) is 24.3 Å². The van der Waals surface area contributed by atoms with E-state index in [1.54, 1.807) is 58.9 Å². The van der Waals surface area contributed by atoms with Crippen LogP contribution in [-0.2, 0) is 28.7 Å². The minimum absolute atomic E-state index is 0.0316. The summed E-state index contributed by atoms with van der Waals surface area (Å²) in [5, 5.41) is 5.25. The van der Waals surface area contributed by atoms with E-state index in [0.717, 1.165) is 0 Å². The maximum Gasteiger partial charge on any atom is 0.408 e. The molecule has 1 aromatic rings. The highest BCUT2D eigenvalue weighted by Crippen LogP contribution is 2.29. The molecule has 0 spiro atoms. The number of nitrogens with zero attached hydrogens (tertiary/aromatic N) is 1. The lowest BCUT2D eigenvalue weighted by Crippen LogP contribution is -2.55. The Morgan fingerprint density at radius 3 is 2.30 bits per heavy atom. The Morgan fingerprint density at radius 1 is 1.10 bits per heavy atom. The molecule has 0 aliphatic rings. The van der Waals surface area contributed by atoms with Gasteiger partial charge in [0.2, 0.25) is 17.7 Å². The van der Waals surface area contributed by atoms with E-state index < -0.39 is 53.5 Å². The van der Waals surface area contributed by atoms with Gasteiger partial charge in [-0.25, -0.2) is 4.79 Å². The summed E-state index contributed by atoms with van der Waals surface area (Å²) in [5.41, 5.74) is 5.28. The Morgan fingerprint density at radius 2 is 1.75 bits per heavy atom. The highest BCUT2D eigenvalue weighted by atomic mass is 16.6. The molecule has 11 nitrogen and oxygen atoms in total. The standard InChI is InChI=1S/C29H42N4O7/c1-8-19(4)33(27(37)22(15-16-23(30)34)32-28(38)40-29(5,6)7)25(21-14-12-11-13-20(21)9-2)26(36)31-18-17-24(35)39-10-3/h2,11-14,19,22,25H,8,10,15-18H2,1,3-7H3,(H2,30,34)(H,31,36)(H,32,38). The first kappa shape index (κ1) is 34.0. The maximum atomic E-state index is 14.1. The zero-order chi connectivity index (χ0) is 30.5. The molecular formula is C29H42N4O7. The number of hydrogen-bond donors (Lipinski definition) is 3. The van der Waals surface area contributed by atoms with Crippen molar-refractivity contribution in [2.45, 2.75) is 91.0 Å². The van der Waals surface area contributed by atoms with Crippen molar-refractivity contribution in [2.75, 3.05) is 13.2 Å². The van der Waals surface area contributed by atoms with Crippen LogP contribution in [-0.4, -0.2) is 65.5 Å². The van der Waals surface area contributed by atoms with Crippen molar-refractivity contribution in [3.63, 3.8) is 0 Å². The van der Waals surface area contributed by atoms with Gasteiger partial charge in [0, 0.05) is 24.6 Å². The fourth-order valence-electron chi connectivity index (χ4n) is 3.87. The van der Waals surface area contributed by atoms with Crippen LogP contribution in [0.3, 0.4) is 0 Å². The molecule has 11 heteroatoms. The lowest BCUT2D eigenvalue weighted by molar-refractivity contribution is -0.146. The first-order valence-corrected chi connectivity index (χ1v) is 13.3. The molecule has 40 heavy (non-hydrogen) atoms. The summed E-state index contributed by atoms with van der Waals surface area (Å²) in [6.45, 7) is 10.5. The molecule has 0 radical (unpaired) electrons. The lowest BCUT2D eigenvalue weighted by Gasteiger charge is -2.38. The van der Waals surface area contributed by atoms with Gasteiger partial charge in [-0.05, 0) is 59.1 Å². The topological polar surface area (TPSA) is 157 Å². The summed E-state index contributed by atoms with van der Waals surface area (Å²) in [6.07, 6.45) is 4.95. The number of alkyl carbamates (subject to hydrolysis) is 1. The lowest BCUT2D eigenvalue weighted by atomic mass is 9.95. The smallest absolute Gasteiger partial charge is 0.408 e. The minimum atomic E-state index is -1.23. The van der Waals surface area contributed by atoms with Gasteiger partial charge in [0.25, 0.3) is 0 Å². The Kier molecular flexibility index (Phi) is 13.7. The van der Waals surface area contributed by atoms with E-state index in [2.05, 4.69) is 16.6 Å². The number of carbonyl (C=O) groups is 5. The second kappa shape index (κ2) is 16.1. The van der Waals surface area contributed by atoms with Gasteiger partial charge in [0.15, 0.2) is 0 Å². The molecular weight excluding hydrogens is 516 g/mol. The number of carbonyl (C=O) groups excluding carboxylic acids is 5. The molecule has 4 amide bonds. The van der Waals surface area contributed by atoms with Gasteiger partial charge < -0.3 is 30.7 Å². The SMILES string of the molecule is C#Cc1ccccc1C(C(=O)NCCC(=O)OCC)N(C(=O)C(CCC(N)=O)NC(=O)OC(C)(C)C)C(C)CC. The third-order valence-electron chi connectivity index (χ3n) is 5.86. The molecule has 0 fully saturated rings. The van der Waals surface area contributed by atoms with Crippen LogP contribution in [0.1, 0.15) is 84.4 Å². The van der Waals surface area contributed by atoms with Crippen molar-refractivity contribution in [1.82, 2.24) is 15.5 Å². The molecule has 1 rings (SSSR count). The molecule has 0 aliphatic carbocycles. The molecule has 0 bridgehead atoms. The maximum absolute atomic E-state index is 14.1. The Bertz CT molecular complexity index is 1090. The summed E-state index contributed by atoms with van der Waals surface area (Å²) in [5.74, 6) is 0.211. The molecule has 0 aromatic heterocycles. The van der Waals surface area contributed by atoms with E-state index in [9.17, 15) is 24.0 Å². The van der Waals surface area contributed by atoms with E-state index in [4.69, 9.17) is 21.6 Å². The van der Waals surface area contributed by atoms with Crippen molar-refractivity contribution in [1.29, 1.82) is 0 Å². The Hall–Kier alpha value is -4.07. The Labute approximate surface area is 236 Å². The summed E-state index contributed by atoms with van der Waals surface area (Å²) in [7, 11) is 0. The van der Waals surface area contributed by atoms with Crippen LogP contribution in [0.2, 0.25) is 0 Å². The van der Waals surface area contributed by atoms with Gasteiger partial charge in [0.05, 0.1) is 13.0 Å². The van der Waals surface area contributed by atoms with Crippen molar-refractivity contribution < 1.29 is 33.4 Å². The highest BCUT2D eigenvalue weighted by molar-refractivity contribution is 5.93. The highest BCUT2D eigenvalue weighted by Gasteiger charge is 2.39. The zero-order valence-electron chi connectivity index (χ0n) is 24.2. The first-order valence-electron chi connectivity index (χ1n) is 13.3. The third kappa shape index (κ3) is 11.0. The second-order valence-electron chi connectivity index (χ2n) is 10.2. The van der Waals surface area contributed by atoms with E-state index in [1.165, 1.54) is 4.90 Å². The molecule has 3 unspecified atom stereocenters. The number of amides is 4. The number of ether oxygens (including phenoxy) is 2. The Balaban J connectivity index is 3.56. The first-order chi connectivity index (χ1) is 18.7. The third-order valence-corrected chi connectivity index (χ3v) is 5.86. The molecule has 220 valence electrons. The van der Waals surface area contributed by atoms with E-state index in [0.29, 0.717) is 17.5 Å². The number of benzene rings is 1. The normalized spacial score (nSPS) is 13.1. The fourth-order valence-corrected chi connectivity index (χ4v) is 3.87. The number of terminal acetylenes is 1. The van der Waals surface area contributed by atoms with Crippen molar-refractivity contribution >= 4 is 29.8 Å². The van der Waals surface area contributed by atoms with Crippen LogP contribution < -0.4 is 16.4 Å². The van der Waals surface area contributed by atoms with E-state index in [1.807, 2.05) is 6.92 Å². The van der Waals surface area contributed by atoms with E-state index in [-0.39, 0.29) is 32.4 Å². The van der Waals surface area contributed by atoms with Crippen LogP contribution in [0.5, 0.6) is 0 Å². The zero-order valence-corrected chi connectivity index (χ0v) is 24.2. The van der Waals surface area contributed by atoms with Crippen LogP contribution in [0.25, 0.3) is 0 Å². The van der Waals surface area contributed by atoms with Gasteiger partial charge in [-0.1, -0.05) is 31.0 Å². The number of hydrogen-bond acceptors (Lipinski definition) is 7. The van der Waals surface area contributed by atoms with Gasteiger partial charge >= 0.3 is 12.1 Å². The summed E-state index contributed by atoms with van der Waals surface area (Å²) < 4.78 is 10.3. The van der Waals surface area contributed by atoms with Gasteiger partial charge in [-0.2, -0.15) is 0 Å². The van der Waals surface area contributed by atoms with Crippen molar-refractivity contribution in [2.24, 2.45) is 5.73 Å². The number of primary amides is 1. The average molecular weight is 559 g/mol. The van der Waals surface area contributed by atoms with Crippen LogP contribution in [0, 0.1) is 12.3 Å². The fraction of sp³-hybridized carbons (Fsp3) is 0.552. The second-order valence-corrected chi connectivity index (χ2v) is 10.2. The monoisotopic (exact) mass is 558 g/mol. The molecule has 4 N–H and O–H groups in total. The number of esters is 1. The molecule has 0 aliphatic heterocycles. The van der Waals surface area contributed by atoms with Gasteiger partial charge in [-0.15, -0.1) is 6.42 Å². The van der Waals surface area contributed by atoms with Crippen LogP contribution in [0.4, 0.5) is 4.79 Å². The number of nitrogens with one attached hydrogen (secondary N) is 2. The average Bonchev–Trinajstić information content (AvgIpc) is 2.87. The van der Waals surface area contributed by atoms with Crippen molar-refractivity contribution in [3.8, 4) is 12.3 Å². The largest absolute Gasteiger partial charge is 0.466 e. The predicted octanol–water partition coefficient (Wildman–Crippen LogP) is 2.56. The summed E-state index contributed by atoms with van der Waals surface area (Å²) >= 11 is 0. The van der Waals surface area contributed by atoms with Crippen molar-refractivity contribution in [3.05, 3.63) is 35.4 Å². The van der Waals surface area contributed by atoms with Gasteiger partial charge in [0.1, 0.15) is 17.7 Å². The van der Waals surface area contributed by atoms with Gasteiger partial charge in [-0.3, -0.25) is 19.2 Å². The predicted molar refractivity (Wildman–Crippen MR) is 150 cm³/mol. The van der Waals surface area contributed by atoms with E-state index >= 15 is 0 Å².